The van der Waals surface area contributed by atoms with Gasteiger partial charge >= 0.3 is 5.69 Å². The number of imidazole rings is 1. The van der Waals surface area contributed by atoms with E-state index in [1.165, 1.54) is 51.8 Å². The lowest BCUT2D eigenvalue weighted by Gasteiger charge is -2.25. The zero-order valence-electron chi connectivity index (χ0n) is 18.1. The van der Waals surface area contributed by atoms with Crippen molar-refractivity contribution in [2.75, 3.05) is 18.4 Å². The third-order valence-electron chi connectivity index (χ3n) is 5.69. The summed E-state index contributed by atoms with van der Waals surface area (Å²) in [4.78, 5) is 41.5. The molecular weight excluding hydrogens is 472 g/mol. The van der Waals surface area contributed by atoms with Crippen LogP contribution >= 0.6 is 11.6 Å². The van der Waals surface area contributed by atoms with Crippen LogP contribution in [0.5, 0.6) is 0 Å². The highest BCUT2D eigenvalue weighted by Gasteiger charge is 2.26. The first kappa shape index (κ1) is 23.2. The highest BCUT2D eigenvalue weighted by molar-refractivity contribution is 7.89. The van der Waals surface area contributed by atoms with Crippen molar-refractivity contribution in [3.63, 3.8) is 0 Å². The van der Waals surface area contributed by atoms with Gasteiger partial charge in [0.2, 0.25) is 21.2 Å². The maximum Gasteiger partial charge on any atom is 0.332 e. The molecule has 1 aromatic carbocycles. The third-order valence-corrected chi connectivity index (χ3v) is 7.90. The number of amides is 1. The molecule has 1 amide bonds. The summed E-state index contributed by atoms with van der Waals surface area (Å²) < 4.78 is 30.3. The number of piperidine rings is 1. The summed E-state index contributed by atoms with van der Waals surface area (Å²) in [6, 6.07) is 5.91. The molecule has 2 aromatic heterocycles. The first-order valence-electron chi connectivity index (χ1n) is 10.3. The average Bonchev–Trinajstić information content (AvgIpc) is 3.13. The van der Waals surface area contributed by atoms with Crippen LogP contribution in [0.3, 0.4) is 0 Å². The van der Waals surface area contributed by atoms with Gasteiger partial charge in [-0.2, -0.15) is 9.29 Å². The van der Waals surface area contributed by atoms with E-state index in [0.717, 1.165) is 23.8 Å². The van der Waals surface area contributed by atoms with Crippen LogP contribution in [0.1, 0.15) is 19.3 Å². The van der Waals surface area contributed by atoms with Crippen molar-refractivity contribution >= 4 is 44.4 Å². The molecule has 11 nitrogen and oxygen atoms in total. The van der Waals surface area contributed by atoms with Gasteiger partial charge in [0.15, 0.2) is 11.2 Å². The highest BCUT2D eigenvalue weighted by Crippen LogP contribution is 2.22. The Morgan fingerprint density at radius 1 is 1.06 bits per heavy atom. The summed E-state index contributed by atoms with van der Waals surface area (Å²) in [5.74, 6) is -0.501. The number of aryl methyl sites for hydroxylation is 1. The Morgan fingerprint density at radius 2 is 1.70 bits per heavy atom. The van der Waals surface area contributed by atoms with Crippen LogP contribution in [-0.2, 0) is 35.5 Å². The number of carbonyl (C=O) groups excluding carboxylic acids is 1. The van der Waals surface area contributed by atoms with Crippen LogP contribution in [0.4, 0.5) is 5.69 Å². The number of anilines is 1. The zero-order chi connectivity index (χ0) is 23.9. The number of aromatic nitrogens is 4. The normalized spacial score (nSPS) is 15.1. The smallest absolute Gasteiger partial charge is 0.325 e. The molecule has 1 fully saturated rings. The standard InChI is InChI=1S/C20H23ClN6O5S/c1-24-17-16(18(29)25(2)20(24)30)27(19(21)23-17)12-15(28)22-13-6-8-14(9-7-13)33(31,32)26-10-4-3-5-11-26/h6-9H,3-5,10-12H2,1-2H3,(H,22,28). The number of halogens is 1. The predicted molar refractivity (Wildman–Crippen MR) is 123 cm³/mol. The molecule has 3 aromatic rings. The molecule has 176 valence electrons. The zero-order valence-corrected chi connectivity index (χ0v) is 19.7. The van der Waals surface area contributed by atoms with Gasteiger partial charge in [0.1, 0.15) is 6.54 Å². The number of sulfonamides is 1. The van der Waals surface area contributed by atoms with Crippen molar-refractivity contribution in [1.82, 2.24) is 23.0 Å². The van der Waals surface area contributed by atoms with Crippen molar-refractivity contribution in [3.8, 4) is 0 Å². The fourth-order valence-corrected chi connectivity index (χ4v) is 5.61. The van der Waals surface area contributed by atoms with Gasteiger partial charge in [-0.05, 0) is 48.7 Å². The van der Waals surface area contributed by atoms with E-state index in [0.29, 0.717) is 18.8 Å². The lowest BCUT2D eigenvalue weighted by atomic mass is 10.2. The van der Waals surface area contributed by atoms with Gasteiger partial charge in [-0.1, -0.05) is 6.42 Å². The molecule has 0 aliphatic carbocycles. The minimum Gasteiger partial charge on any atom is -0.325 e. The molecule has 0 radical (unpaired) electrons. The summed E-state index contributed by atoms with van der Waals surface area (Å²) in [6.07, 6.45) is 2.71. The fraction of sp³-hybridized carbons (Fsp3) is 0.400. The lowest BCUT2D eigenvalue weighted by molar-refractivity contribution is -0.116. The second kappa shape index (κ2) is 8.76. The molecule has 33 heavy (non-hydrogen) atoms. The SMILES string of the molecule is Cn1c(=O)c2c(nc(Cl)n2CC(=O)Nc2ccc(S(=O)(=O)N3CCCCC3)cc2)n(C)c1=O. The van der Waals surface area contributed by atoms with Crippen molar-refractivity contribution in [2.45, 2.75) is 30.7 Å². The fourth-order valence-electron chi connectivity index (χ4n) is 3.87. The van der Waals surface area contributed by atoms with E-state index in [4.69, 9.17) is 11.6 Å². The molecule has 0 bridgehead atoms. The van der Waals surface area contributed by atoms with Gasteiger partial charge in [0.05, 0.1) is 4.90 Å². The van der Waals surface area contributed by atoms with Crippen molar-refractivity contribution in [3.05, 3.63) is 50.4 Å². The number of rotatable bonds is 5. The second-order valence-corrected chi connectivity index (χ2v) is 10.2. The van der Waals surface area contributed by atoms with Crippen LogP contribution in [0.15, 0.2) is 38.8 Å². The van der Waals surface area contributed by atoms with Gasteiger partial charge in [-0.25, -0.2) is 13.2 Å². The van der Waals surface area contributed by atoms with Gasteiger partial charge < -0.3 is 5.32 Å². The molecule has 3 heterocycles. The van der Waals surface area contributed by atoms with Crippen molar-refractivity contribution in [1.29, 1.82) is 0 Å². The predicted octanol–water partition coefficient (Wildman–Crippen LogP) is 0.900. The van der Waals surface area contributed by atoms with E-state index in [-0.39, 0.29) is 27.9 Å². The topological polar surface area (TPSA) is 128 Å². The van der Waals surface area contributed by atoms with Crippen LogP contribution in [-0.4, -0.2) is 50.4 Å². The van der Waals surface area contributed by atoms with E-state index in [9.17, 15) is 22.8 Å². The molecular formula is C20H23ClN6O5S. The van der Waals surface area contributed by atoms with Crippen LogP contribution in [0.2, 0.25) is 5.28 Å². The third kappa shape index (κ3) is 4.21. The molecule has 0 unspecified atom stereocenters. The van der Waals surface area contributed by atoms with E-state index in [1.807, 2.05) is 0 Å². The van der Waals surface area contributed by atoms with Gasteiger partial charge in [-0.3, -0.25) is 23.3 Å². The molecule has 1 aliphatic heterocycles. The van der Waals surface area contributed by atoms with E-state index in [1.54, 1.807) is 0 Å². The number of hydrogen-bond donors (Lipinski definition) is 1. The summed E-state index contributed by atoms with van der Waals surface area (Å²) >= 11 is 6.15. The Bertz CT molecular complexity index is 1450. The number of nitrogens with zero attached hydrogens (tertiary/aromatic N) is 5. The van der Waals surface area contributed by atoms with Crippen molar-refractivity contribution < 1.29 is 13.2 Å². The Hall–Kier alpha value is -2.96. The van der Waals surface area contributed by atoms with Crippen molar-refractivity contribution in [2.24, 2.45) is 14.1 Å². The van der Waals surface area contributed by atoms with E-state index < -0.39 is 27.2 Å². The number of carbonyl (C=O) groups is 1. The van der Waals surface area contributed by atoms with E-state index in [2.05, 4.69) is 10.3 Å². The minimum atomic E-state index is -3.57. The maximum atomic E-state index is 12.8. The first-order valence-corrected chi connectivity index (χ1v) is 12.1. The second-order valence-electron chi connectivity index (χ2n) is 7.88. The molecule has 0 atom stereocenters. The van der Waals surface area contributed by atoms with Crippen LogP contribution in [0, 0.1) is 0 Å². The van der Waals surface area contributed by atoms with Crippen LogP contribution in [0.25, 0.3) is 11.2 Å². The highest BCUT2D eigenvalue weighted by atomic mass is 35.5. The molecule has 0 saturated carbocycles. The molecule has 1 N–H and O–H groups in total. The molecule has 0 spiro atoms. The quantitative estimate of drug-likeness (QED) is 0.525. The Morgan fingerprint density at radius 3 is 2.33 bits per heavy atom. The summed E-state index contributed by atoms with van der Waals surface area (Å²) in [5.41, 5.74) is -0.681. The summed E-state index contributed by atoms with van der Waals surface area (Å²) in [6.45, 7) is 0.688. The molecule has 1 aliphatic rings. The Balaban J connectivity index is 1.54. The summed E-state index contributed by atoms with van der Waals surface area (Å²) in [5, 5.41) is 2.55. The van der Waals surface area contributed by atoms with Gasteiger partial charge in [-0.15, -0.1) is 0 Å². The summed E-state index contributed by atoms with van der Waals surface area (Å²) in [7, 11) is -0.785. The largest absolute Gasteiger partial charge is 0.332 e. The first-order chi connectivity index (χ1) is 15.6. The van der Waals surface area contributed by atoms with E-state index >= 15 is 0 Å². The number of benzene rings is 1. The Labute approximate surface area is 194 Å². The maximum absolute atomic E-state index is 12.8. The molecule has 4 rings (SSSR count). The number of nitrogens with one attached hydrogen (secondary N) is 1. The Kier molecular flexibility index (Phi) is 6.16. The average molecular weight is 495 g/mol. The monoisotopic (exact) mass is 494 g/mol. The molecule has 13 heteroatoms. The van der Waals surface area contributed by atoms with Crippen LogP contribution < -0.4 is 16.6 Å². The number of hydrogen-bond acceptors (Lipinski definition) is 6. The van der Waals surface area contributed by atoms with Gasteiger partial charge in [0, 0.05) is 32.9 Å². The minimum absolute atomic E-state index is 0.0303. The lowest BCUT2D eigenvalue weighted by Crippen LogP contribution is -2.37. The number of fused-ring (bicyclic) bond motifs is 1. The molecule has 1 saturated heterocycles. The van der Waals surface area contributed by atoms with Gasteiger partial charge in [0.25, 0.3) is 5.56 Å².